The van der Waals surface area contributed by atoms with E-state index in [1.54, 1.807) is 0 Å². The Balaban J connectivity index is 2.03. The zero-order chi connectivity index (χ0) is 13.7. The molecule has 0 radical (unpaired) electrons. The molecule has 1 aliphatic rings. The Bertz CT molecular complexity index is 410. The highest BCUT2D eigenvalue weighted by Crippen LogP contribution is 2.32. The normalized spacial score (nSPS) is 23.6. The Morgan fingerprint density at radius 2 is 2.11 bits per heavy atom. The van der Waals surface area contributed by atoms with Gasteiger partial charge in [0.15, 0.2) is 0 Å². The largest absolute Gasteiger partial charge is 0.481 e. The van der Waals surface area contributed by atoms with Crippen LogP contribution in [0.1, 0.15) is 17.9 Å². The summed E-state index contributed by atoms with van der Waals surface area (Å²) in [5.41, 5.74) is 1.15. The first-order valence-corrected chi connectivity index (χ1v) is 8.11. The molecule has 0 unspecified atom stereocenters. The summed E-state index contributed by atoms with van der Waals surface area (Å²) in [7, 11) is 0. The molecule has 1 saturated heterocycles. The third kappa shape index (κ3) is 3.74. The summed E-state index contributed by atoms with van der Waals surface area (Å²) in [6, 6.07) is 10.1. The molecule has 1 aromatic carbocycles. The van der Waals surface area contributed by atoms with Crippen molar-refractivity contribution in [2.24, 2.45) is 5.92 Å². The highest BCUT2D eigenvalue weighted by atomic mass is 32.2. The van der Waals surface area contributed by atoms with Crippen LogP contribution in [0, 0.1) is 5.92 Å². The van der Waals surface area contributed by atoms with E-state index >= 15 is 0 Å². The Morgan fingerprint density at radius 1 is 1.37 bits per heavy atom. The molecule has 104 valence electrons. The molecule has 1 aliphatic heterocycles. The molecule has 2 rings (SSSR count). The molecule has 0 saturated carbocycles. The molecule has 1 fully saturated rings. The predicted octanol–water partition coefficient (Wildman–Crippen LogP) is 2.54. The molecule has 19 heavy (non-hydrogen) atoms. The minimum Gasteiger partial charge on any atom is -0.481 e. The van der Waals surface area contributed by atoms with E-state index in [0.29, 0.717) is 6.54 Å². The van der Waals surface area contributed by atoms with E-state index < -0.39 is 5.97 Å². The van der Waals surface area contributed by atoms with Crippen molar-refractivity contribution in [2.45, 2.75) is 12.3 Å². The van der Waals surface area contributed by atoms with E-state index in [0.717, 1.165) is 30.8 Å². The van der Waals surface area contributed by atoms with Crippen LogP contribution in [0.25, 0.3) is 0 Å². The fourth-order valence-corrected chi connectivity index (χ4v) is 3.21. The van der Waals surface area contributed by atoms with Gasteiger partial charge < -0.3 is 10.0 Å². The molecular weight excluding hydrogens is 258 g/mol. The number of hydrogen-bond acceptors (Lipinski definition) is 3. The van der Waals surface area contributed by atoms with Crippen LogP contribution in [-0.2, 0) is 4.79 Å². The lowest BCUT2D eigenvalue weighted by atomic mass is 9.89. The molecule has 1 heterocycles. The molecule has 0 amide bonds. The van der Waals surface area contributed by atoms with E-state index in [4.69, 9.17) is 0 Å². The van der Waals surface area contributed by atoms with Crippen LogP contribution in [-0.4, -0.2) is 47.6 Å². The first kappa shape index (κ1) is 14.4. The molecule has 4 heteroatoms. The van der Waals surface area contributed by atoms with Crippen molar-refractivity contribution in [3.63, 3.8) is 0 Å². The summed E-state index contributed by atoms with van der Waals surface area (Å²) in [6.45, 7) is 2.56. The third-order valence-corrected chi connectivity index (χ3v) is 4.46. The number of rotatable bonds is 6. The van der Waals surface area contributed by atoms with Crippen molar-refractivity contribution in [3.8, 4) is 0 Å². The van der Waals surface area contributed by atoms with Gasteiger partial charge in [-0.3, -0.25) is 4.79 Å². The van der Waals surface area contributed by atoms with Gasteiger partial charge in [0, 0.05) is 19.0 Å². The summed E-state index contributed by atoms with van der Waals surface area (Å²) in [6.07, 6.45) is 3.24. The van der Waals surface area contributed by atoms with Gasteiger partial charge in [-0.15, -0.1) is 0 Å². The van der Waals surface area contributed by atoms with Crippen LogP contribution in [0.15, 0.2) is 30.3 Å². The maximum absolute atomic E-state index is 11.4. The highest BCUT2D eigenvalue weighted by molar-refractivity contribution is 7.98. The van der Waals surface area contributed by atoms with E-state index in [2.05, 4.69) is 11.2 Å². The summed E-state index contributed by atoms with van der Waals surface area (Å²) >= 11 is 1.85. The predicted molar refractivity (Wildman–Crippen MR) is 79.7 cm³/mol. The van der Waals surface area contributed by atoms with E-state index in [9.17, 15) is 9.90 Å². The van der Waals surface area contributed by atoms with Gasteiger partial charge in [-0.25, -0.2) is 0 Å². The second kappa shape index (κ2) is 6.96. The quantitative estimate of drug-likeness (QED) is 0.812. The molecule has 1 N–H and O–H groups in total. The monoisotopic (exact) mass is 279 g/mol. The smallest absolute Gasteiger partial charge is 0.308 e. The summed E-state index contributed by atoms with van der Waals surface area (Å²) in [4.78, 5) is 13.7. The highest BCUT2D eigenvalue weighted by Gasteiger charge is 2.37. The van der Waals surface area contributed by atoms with Crippen molar-refractivity contribution in [1.82, 2.24) is 4.90 Å². The topological polar surface area (TPSA) is 40.5 Å². The number of nitrogens with zero attached hydrogens (tertiary/aromatic N) is 1. The number of benzene rings is 1. The van der Waals surface area contributed by atoms with Gasteiger partial charge >= 0.3 is 5.97 Å². The molecule has 0 bridgehead atoms. The van der Waals surface area contributed by atoms with Gasteiger partial charge in [0.05, 0.1) is 5.92 Å². The lowest BCUT2D eigenvalue weighted by Gasteiger charge is -2.15. The maximum atomic E-state index is 11.4. The number of carbonyl (C=O) groups is 1. The number of likely N-dealkylation sites (tertiary alicyclic amines) is 1. The second-order valence-electron chi connectivity index (χ2n) is 5.07. The van der Waals surface area contributed by atoms with Crippen molar-refractivity contribution in [2.75, 3.05) is 31.6 Å². The average molecular weight is 279 g/mol. The van der Waals surface area contributed by atoms with Crippen molar-refractivity contribution in [3.05, 3.63) is 35.9 Å². The molecule has 0 aliphatic carbocycles. The Morgan fingerprint density at radius 3 is 2.74 bits per heavy atom. The van der Waals surface area contributed by atoms with Gasteiger partial charge in [0.2, 0.25) is 0 Å². The summed E-state index contributed by atoms with van der Waals surface area (Å²) < 4.78 is 0. The van der Waals surface area contributed by atoms with Gasteiger partial charge in [0.1, 0.15) is 0 Å². The number of hydrogen-bond donors (Lipinski definition) is 1. The van der Waals surface area contributed by atoms with E-state index in [-0.39, 0.29) is 11.8 Å². The number of thioether (sulfide) groups is 1. The SMILES string of the molecule is CSCCCN1C[C@H](C(=O)O)[C@@H](c2ccccc2)C1. The fourth-order valence-electron chi connectivity index (χ4n) is 2.79. The van der Waals surface area contributed by atoms with Crippen LogP contribution in [0.3, 0.4) is 0 Å². The standard InChI is InChI=1S/C15H21NO2S/c1-19-9-5-8-16-10-13(14(11-16)15(17)18)12-6-3-2-4-7-12/h2-4,6-7,13-14H,5,8-11H2,1H3,(H,17,18)/t13-,14+/m1/s1. The number of aliphatic carboxylic acids is 1. The Labute approximate surface area is 119 Å². The van der Waals surface area contributed by atoms with Crippen LogP contribution in [0.5, 0.6) is 0 Å². The average Bonchev–Trinajstić information content (AvgIpc) is 2.84. The van der Waals surface area contributed by atoms with Crippen LogP contribution in [0.2, 0.25) is 0 Å². The second-order valence-corrected chi connectivity index (χ2v) is 6.05. The summed E-state index contributed by atoms with van der Waals surface area (Å²) in [5.74, 6) is 0.343. The van der Waals surface area contributed by atoms with Crippen molar-refractivity contribution < 1.29 is 9.90 Å². The molecule has 0 spiro atoms. The van der Waals surface area contributed by atoms with Crippen LogP contribution >= 0.6 is 11.8 Å². The fraction of sp³-hybridized carbons (Fsp3) is 0.533. The van der Waals surface area contributed by atoms with E-state index in [1.807, 2.05) is 42.1 Å². The molecule has 0 aromatic heterocycles. The van der Waals surface area contributed by atoms with Gasteiger partial charge in [-0.05, 0) is 30.5 Å². The Hall–Kier alpha value is -1.00. The van der Waals surface area contributed by atoms with Crippen LogP contribution < -0.4 is 0 Å². The van der Waals surface area contributed by atoms with Crippen molar-refractivity contribution in [1.29, 1.82) is 0 Å². The first-order valence-electron chi connectivity index (χ1n) is 6.71. The molecule has 2 atom stereocenters. The maximum Gasteiger partial charge on any atom is 0.308 e. The first-order chi connectivity index (χ1) is 9.22. The van der Waals surface area contributed by atoms with Gasteiger partial charge in [-0.2, -0.15) is 11.8 Å². The van der Waals surface area contributed by atoms with Gasteiger partial charge in [-0.1, -0.05) is 30.3 Å². The third-order valence-electron chi connectivity index (χ3n) is 3.76. The molecule has 1 aromatic rings. The van der Waals surface area contributed by atoms with Gasteiger partial charge in [0.25, 0.3) is 0 Å². The lowest BCUT2D eigenvalue weighted by molar-refractivity contribution is -0.141. The number of carboxylic acids is 1. The number of carboxylic acid groups (broad SMARTS) is 1. The van der Waals surface area contributed by atoms with Crippen molar-refractivity contribution >= 4 is 17.7 Å². The van der Waals surface area contributed by atoms with E-state index in [1.165, 1.54) is 0 Å². The lowest BCUT2D eigenvalue weighted by Crippen LogP contribution is -2.24. The minimum atomic E-state index is -0.666. The molecular formula is C15H21NO2S. The zero-order valence-corrected chi connectivity index (χ0v) is 12.1. The molecule has 3 nitrogen and oxygen atoms in total. The zero-order valence-electron chi connectivity index (χ0n) is 11.3. The Kier molecular flexibility index (Phi) is 5.28. The van der Waals surface area contributed by atoms with Crippen LogP contribution in [0.4, 0.5) is 0 Å². The summed E-state index contributed by atoms with van der Waals surface area (Å²) in [5, 5.41) is 9.40. The minimum absolute atomic E-state index is 0.132.